The highest BCUT2D eigenvalue weighted by atomic mass is 16.5. The van der Waals surface area contributed by atoms with Gasteiger partial charge in [0.2, 0.25) is 0 Å². The average molecular weight is 128 g/mol. The van der Waals surface area contributed by atoms with Gasteiger partial charge in [-0.2, -0.15) is 0 Å². The fraction of sp³-hybridized carbons (Fsp3) is 0.857. The van der Waals surface area contributed by atoms with Gasteiger partial charge in [0.05, 0.1) is 13.0 Å². The van der Waals surface area contributed by atoms with Crippen molar-refractivity contribution in [3.63, 3.8) is 0 Å². The molecule has 1 fully saturated rings. The minimum absolute atomic E-state index is 0.112. The van der Waals surface area contributed by atoms with Crippen molar-refractivity contribution in [2.24, 2.45) is 0 Å². The van der Waals surface area contributed by atoms with E-state index in [0.717, 1.165) is 19.4 Å². The van der Waals surface area contributed by atoms with Crippen LogP contribution in [0.5, 0.6) is 0 Å². The maximum atomic E-state index is 10.9. The van der Waals surface area contributed by atoms with E-state index in [9.17, 15) is 5.11 Å². The van der Waals surface area contributed by atoms with Crippen LogP contribution in [0.15, 0.2) is 0 Å². The van der Waals surface area contributed by atoms with Gasteiger partial charge in [-0.25, -0.2) is 0 Å². The summed E-state index contributed by atoms with van der Waals surface area (Å²) in [5, 5.41) is 10.9. The lowest BCUT2D eigenvalue weighted by Gasteiger charge is -2.33. The van der Waals surface area contributed by atoms with Gasteiger partial charge < -0.3 is 9.84 Å². The molecule has 0 saturated carbocycles. The summed E-state index contributed by atoms with van der Waals surface area (Å²) in [5.74, 6) is 0. The van der Waals surface area contributed by atoms with Crippen LogP contribution in [-0.2, 0) is 4.74 Å². The zero-order chi connectivity index (χ0) is 6.69. The van der Waals surface area contributed by atoms with E-state index in [1.807, 2.05) is 0 Å². The zero-order valence-corrected chi connectivity index (χ0v) is 5.51. The molecular weight excluding hydrogens is 116 g/mol. The third-order valence-electron chi connectivity index (χ3n) is 1.66. The van der Waals surface area contributed by atoms with Crippen LogP contribution in [0.4, 0.5) is 0 Å². The van der Waals surface area contributed by atoms with Crippen LogP contribution in [0.3, 0.4) is 0 Å². The molecule has 9 heavy (non-hydrogen) atoms. The predicted octanol–water partition coefficient (Wildman–Crippen LogP) is 0.118. The first-order valence-electron chi connectivity index (χ1n) is 3.41. The van der Waals surface area contributed by atoms with Gasteiger partial charge in [-0.05, 0) is 6.42 Å². The van der Waals surface area contributed by atoms with Crippen molar-refractivity contribution >= 4 is 0 Å². The summed E-state index contributed by atoms with van der Waals surface area (Å²) in [5.41, 5.74) is 0. The molecule has 0 spiro atoms. The van der Waals surface area contributed by atoms with E-state index in [0.29, 0.717) is 6.42 Å². The normalized spacial score (nSPS) is 36.6. The number of hydrogen-bond donors (Lipinski definition) is 0. The molecule has 0 aromatic heterocycles. The molecule has 2 heteroatoms. The van der Waals surface area contributed by atoms with Crippen LogP contribution in [0.1, 0.15) is 19.3 Å². The fourth-order valence-electron chi connectivity index (χ4n) is 1.08. The first kappa shape index (κ1) is 6.90. The van der Waals surface area contributed by atoms with Crippen LogP contribution < -0.4 is 5.11 Å². The molecule has 0 amide bonds. The van der Waals surface area contributed by atoms with Crippen LogP contribution in [0.25, 0.3) is 0 Å². The number of hydrogen-bond acceptors (Lipinski definition) is 2. The highest BCUT2D eigenvalue weighted by Gasteiger charge is 2.17. The molecule has 2 unspecified atom stereocenters. The highest BCUT2D eigenvalue weighted by Crippen LogP contribution is 2.13. The third-order valence-corrected chi connectivity index (χ3v) is 1.66. The SMILES string of the molecule is [CH2+]CC1OCCCC1[O-]. The monoisotopic (exact) mass is 128 g/mol. The van der Waals surface area contributed by atoms with Gasteiger partial charge in [0, 0.05) is 6.61 Å². The van der Waals surface area contributed by atoms with Crippen LogP contribution in [0.2, 0.25) is 0 Å². The molecule has 0 aromatic rings. The second-order valence-electron chi connectivity index (χ2n) is 2.38. The summed E-state index contributed by atoms with van der Waals surface area (Å²) in [6.45, 7) is 4.38. The van der Waals surface area contributed by atoms with Crippen LogP contribution in [-0.4, -0.2) is 18.8 Å². The van der Waals surface area contributed by atoms with Crippen molar-refractivity contribution in [2.75, 3.05) is 6.61 Å². The molecule has 1 heterocycles. The van der Waals surface area contributed by atoms with Crippen molar-refractivity contribution in [3.05, 3.63) is 6.92 Å². The Hall–Kier alpha value is -0.210. The minimum Gasteiger partial charge on any atom is -0.850 e. The van der Waals surface area contributed by atoms with E-state index in [-0.39, 0.29) is 6.10 Å². The highest BCUT2D eigenvalue weighted by molar-refractivity contribution is 4.72. The van der Waals surface area contributed by atoms with Crippen molar-refractivity contribution in [3.8, 4) is 0 Å². The molecule has 0 N–H and O–H groups in total. The molecule has 1 saturated heterocycles. The number of rotatable bonds is 1. The van der Waals surface area contributed by atoms with Gasteiger partial charge in [0.15, 0.2) is 0 Å². The molecule has 0 aromatic carbocycles. The molecule has 1 aliphatic heterocycles. The predicted molar refractivity (Wildman–Crippen MR) is 32.7 cm³/mol. The van der Waals surface area contributed by atoms with Crippen molar-refractivity contribution in [2.45, 2.75) is 31.5 Å². The maximum Gasteiger partial charge on any atom is 0.110 e. The first-order valence-corrected chi connectivity index (χ1v) is 3.41. The molecule has 1 rings (SSSR count). The molecular formula is C7H12O2. The lowest BCUT2D eigenvalue weighted by atomic mass is 10.0. The molecule has 1 aliphatic rings. The van der Waals surface area contributed by atoms with Crippen molar-refractivity contribution < 1.29 is 9.84 Å². The van der Waals surface area contributed by atoms with Crippen LogP contribution in [0, 0.1) is 6.92 Å². The Labute approximate surface area is 55.8 Å². The fourth-order valence-corrected chi connectivity index (χ4v) is 1.08. The largest absolute Gasteiger partial charge is 0.850 e. The van der Waals surface area contributed by atoms with Gasteiger partial charge in [0.25, 0.3) is 0 Å². The van der Waals surface area contributed by atoms with Crippen LogP contribution >= 0.6 is 0 Å². The van der Waals surface area contributed by atoms with E-state index in [1.54, 1.807) is 0 Å². The lowest BCUT2D eigenvalue weighted by molar-refractivity contribution is -0.447. The molecule has 2 nitrogen and oxygen atoms in total. The summed E-state index contributed by atoms with van der Waals surface area (Å²) < 4.78 is 5.16. The van der Waals surface area contributed by atoms with Gasteiger partial charge in [0.1, 0.15) is 6.42 Å². The number of ether oxygens (including phenoxy) is 1. The topological polar surface area (TPSA) is 32.3 Å². The minimum atomic E-state index is -0.517. The Bertz CT molecular complexity index is 83.0. The molecule has 0 bridgehead atoms. The Morgan fingerprint density at radius 3 is 2.89 bits per heavy atom. The zero-order valence-electron chi connectivity index (χ0n) is 5.51. The Morgan fingerprint density at radius 1 is 1.67 bits per heavy atom. The second kappa shape index (κ2) is 3.08. The van der Waals surface area contributed by atoms with E-state index in [2.05, 4.69) is 6.92 Å². The second-order valence-corrected chi connectivity index (χ2v) is 2.38. The van der Waals surface area contributed by atoms with E-state index in [4.69, 9.17) is 4.74 Å². The standard InChI is InChI=1S/C7H12O2/c1-2-7-6(8)4-3-5-9-7/h6-7H,1-5H2. The first-order chi connectivity index (χ1) is 4.34. The summed E-state index contributed by atoms with van der Waals surface area (Å²) in [6.07, 6.45) is 1.67. The summed E-state index contributed by atoms with van der Waals surface area (Å²) >= 11 is 0. The summed E-state index contributed by atoms with van der Waals surface area (Å²) in [7, 11) is 0. The van der Waals surface area contributed by atoms with Gasteiger partial charge in [-0.15, -0.1) is 0 Å². The molecule has 0 radical (unpaired) electrons. The van der Waals surface area contributed by atoms with Gasteiger partial charge >= 0.3 is 0 Å². The van der Waals surface area contributed by atoms with Gasteiger partial charge in [-0.1, -0.05) is 12.5 Å². The molecule has 2 atom stereocenters. The Morgan fingerprint density at radius 2 is 2.44 bits per heavy atom. The summed E-state index contributed by atoms with van der Waals surface area (Å²) in [4.78, 5) is 0. The molecule has 52 valence electrons. The Balaban J connectivity index is 2.30. The maximum absolute atomic E-state index is 10.9. The Kier molecular flexibility index (Phi) is 2.37. The lowest BCUT2D eigenvalue weighted by Crippen LogP contribution is -2.42. The summed E-state index contributed by atoms with van der Waals surface area (Å²) in [6, 6.07) is 0. The van der Waals surface area contributed by atoms with E-state index >= 15 is 0 Å². The van der Waals surface area contributed by atoms with E-state index < -0.39 is 6.10 Å². The third kappa shape index (κ3) is 1.60. The van der Waals surface area contributed by atoms with Crippen molar-refractivity contribution in [1.82, 2.24) is 0 Å². The van der Waals surface area contributed by atoms with Gasteiger partial charge in [-0.3, -0.25) is 0 Å². The smallest absolute Gasteiger partial charge is 0.110 e. The van der Waals surface area contributed by atoms with Crippen molar-refractivity contribution in [1.29, 1.82) is 0 Å². The molecule has 0 aliphatic carbocycles. The average Bonchev–Trinajstić information content (AvgIpc) is 1.89. The quantitative estimate of drug-likeness (QED) is 0.470. The van der Waals surface area contributed by atoms with E-state index in [1.165, 1.54) is 0 Å².